The van der Waals surface area contributed by atoms with E-state index in [4.69, 9.17) is 21.4 Å². The molecule has 0 aromatic heterocycles. The Morgan fingerprint density at radius 1 is 1.15 bits per heavy atom. The molecule has 0 spiro atoms. The van der Waals surface area contributed by atoms with Gasteiger partial charge >= 0.3 is 6.09 Å². The molecule has 1 aliphatic carbocycles. The SMILES string of the molecule is CCN(CCO)C[C@H]1CC[C@H](CCN(C)C(=O)Oc2ccc(Cl)cc2)CC1. The third kappa shape index (κ3) is 7.68. The van der Waals surface area contributed by atoms with E-state index >= 15 is 0 Å². The van der Waals surface area contributed by atoms with Crippen molar-refractivity contribution in [2.75, 3.05) is 39.8 Å². The average molecular weight is 397 g/mol. The van der Waals surface area contributed by atoms with Crippen LogP contribution < -0.4 is 4.74 Å². The topological polar surface area (TPSA) is 53.0 Å². The molecule has 0 aliphatic heterocycles. The van der Waals surface area contributed by atoms with Gasteiger partial charge in [-0.25, -0.2) is 4.79 Å². The van der Waals surface area contributed by atoms with Crippen molar-refractivity contribution in [1.29, 1.82) is 0 Å². The lowest BCUT2D eigenvalue weighted by molar-refractivity contribution is 0.143. The number of benzene rings is 1. The van der Waals surface area contributed by atoms with E-state index in [-0.39, 0.29) is 12.7 Å². The number of nitrogens with zero attached hydrogens (tertiary/aromatic N) is 2. The third-order valence-electron chi connectivity index (χ3n) is 5.55. The summed E-state index contributed by atoms with van der Waals surface area (Å²) in [6.45, 7) is 5.98. The van der Waals surface area contributed by atoms with Gasteiger partial charge in [0.15, 0.2) is 0 Å². The van der Waals surface area contributed by atoms with Crippen LogP contribution in [0, 0.1) is 11.8 Å². The van der Waals surface area contributed by atoms with Gasteiger partial charge in [-0.15, -0.1) is 0 Å². The highest BCUT2D eigenvalue weighted by Crippen LogP contribution is 2.31. The zero-order valence-corrected chi connectivity index (χ0v) is 17.3. The Labute approximate surface area is 168 Å². The number of likely N-dealkylation sites (N-methyl/N-ethyl adjacent to an activating group) is 1. The number of amides is 1. The van der Waals surface area contributed by atoms with Crippen molar-refractivity contribution >= 4 is 17.7 Å². The van der Waals surface area contributed by atoms with Gasteiger partial charge in [0, 0.05) is 31.7 Å². The van der Waals surface area contributed by atoms with Gasteiger partial charge in [-0.2, -0.15) is 0 Å². The molecule has 0 heterocycles. The zero-order valence-electron chi connectivity index (χ0n) is 16.6. The summed E-state index contributed by atoms with van der Waals surface area (Å²) < 4.78 is 5.37. The van der Waals surface area contributed by atoms with Crippen molar-refractivity contribution in [3.05, 3.63) is 29.3 Å². The summed E-state index contributed by atoms with van der Waals surface area (Å²) in [7, 11) is 1.79. The molecule has 1 saturated carbocycles. The lowest BCUT2D eigenvalue weighted by atomic mass is 9.80. The van der Waals surface area contributed by atoms with Gasteiger partial charge in [0.2, 0.25) is 0 Å². The maximum absolute atomic E-state index is 12.2. The average Bonchev–Trinajstić information content (AvgIpc) is 2.68. The first-order valence-corrected chi connectivity index (χ1v) is 10.4. The van der Waals surface area contributed by atoms with Crippen molar-refractivity contribution in [3.8, 4) is 5.75 Å². The second-order valence-corrected chi connectivity index (χ2v) is 7.97. The van der Waals surface area contributed by atoms with Crippen molar-refractivity contribution in [1.82, 2.24) is 9.80 Å². The van der Waals surface area contributed by atoms with E-state index in [1.807, 2.05) is 0 Å². The van der Waals surface area contributed by atoms with Gasteiger partial charge < -0.3 is 19.6 Å². The van der Waals surface area contributed by atoms with Crippen LogP contribution in [0.4, 0.5) is 4.79 Å². The number of carbonyl (C=O) groups is 1. The number of ether oxygens (including phenoxy) is 1. The first-order valence-electron chi connectivity index (χ1n) is 10.0. The maximum Gasteiger partial charge on any atom is 0.414 e. The molecule has 0 atom stereocenters. The van der Waals surface area contributed by atoms with Gasteiger partial charge in [-0.1, -0.05) is 31.4 Å². The normalized spacial score (nSPS) is 19.9. The maximum atomic E-state index is 12.2. The molecule has 0 unspecified atom stereocenters. The molecule has 1 fully saturated rings. The minimum Gasteiger partial charge on any atom is -0.410 e. The van der Waals surface area contributed by atoms with E-state index in [1.54, 1.807) is 36.2 Å². The standard InChI is InChI=1S/C21H33ClN2O3/c1-3-24(14-15-25)16-18-6-4-17(5-7-18)12-13-23(2)21(26)27-20-10-8-19(22)9-11-20/h8-11,17-18,25H,3-7,12-16H2,1-2H3/t17-,18-. The second kappa shape index (κ2) is 11.5. The molecule has 1 N–H and O–H groups in total. The predicted octanol–water partition coefficient (Wildman–Crippen LogP) is 4.28. The minimum absolute atomic E-state index is 0.238. The van der Waals surface area contributed by atoms with Crippen LogP contribution in [0.2, 0.25) is 5.02 Å². The molecule has 5 nitrogen and oxygen atoms in total. The van der Waals surface area contributed by atoms with Crippen LogP contribution in [0.25, 0.3) is 0 Å². The van der Waals surface area contributed by atoms with E-state index in [9.17, 15) is 4.79 Å². The fraction of sp³-hybridized carbons (Fsp3) is 0.667. The molecule has 1 aromatic rings. The first kappa shape index (κ1) is 22.0. The van der Waals surface area contributed by atoms with Gasteiger partial charge in [-0.3, -0.25) is 0 Å². The van der Waals surface area contributed by atoms with Crippen LogP contribution in [-0.2, 0) is 0 Å². The summed E-state index contributed by atoms with van der Waals surface area (Å²) in [5.74, 6) is 1.93. The quantitative estimate of drug-likeness (QED) is 0.676. The van der Waals surface area contributed by atoms with Crippen LogP contribution in [0.3, 0.4) is 0 Å². The molecule has 27 heavy (non-hydrogen) atoms. The number of aliphatic hydroxyl groups excluding tert-OH is 1. The summed E-state index contributed by atoms with van der Waals surface area (Å²) >= 11 is 5.84. The molecular formula is C21H33ClN2O3. The number of carbonyl (C=O) groups excluding carboxylic acids is 1. The first-order chi connectivity index (χ1) is 13.0. The predicted molar refractivity (Wildman–Crippen MR) is 109 cm³/mol. The molecule has 152 valence electrons. The molecule has 1 aromatic carbocycles. The van der Waals surface area contributed by atoms with E-state index in [0.29, 0.717) is 23.2 Å². The Bertz CT molecular complexity index is 559. The molecule has 0 radical (unpaired) electrons. The van der Waals surface area contributed by atoms with Gasteiger partial charge in [-0.05, 0) is 61.9 Å². The van der Waals surface area contributed by atoms with Crippen molar-refractivity contribution in [2.45, 2.75) is 39.0 Å². The van der Waals surface area contributed by atoms with Crippen molar-refractivity contribution < 1.29 is 14.6 Å². The highest BCUT2D eigenvalue weighted by Gasteiger charge is 2.23. The van der Waals surface area contributed by atoms with Crippen LogP contribution in [-0.4, -0.2) is 60.8 Å². The summed E-state index contributed by atoms with van der Waals surface area (Å²) in [6, 6.07) is 6.82. The summed E-state index contributed by atoms with van der Waals surface area (Å²) in [5, 5.41) is 9.74. The van der Waals surface area contributed by atoms with Gasteiger partial charge in [0.1, 0.15) is 5.75 Å². The Kier molecular flexibility index (Phi) is 9.39. The van der Waals surface area contributed by atoms with E-state index in [2.05, 4.69) is 11.8 Å². The van der Waals surface area contributed by atoms with Gasteiger partial charge in [0.05, 0.1) is 6.61 Å². The number of hydrogen-bond acceptors (Lipinski definition) is 4. The van der Waals surface area contributed by atoms with Crippen LogP contribution in [0.1, 0.15) is 39.0 Å². The van der Waals surface area contributed by atoms with E-state index in [1.165, 1.54) is 25.7 Å². The zero-order chi connectivity index (χ0) is 19.6. The van der Waals surface area contributed by atoms with Crippen molar-refractivity contribution in [3.63, 3.8) is 0 Å². The summed E-state index contributed by atoms with van der Waals surface area (Å²) in [4.78, 5) is 16.2. The fourth-order valence-electron chi connectivity index (χ4n) is 3.74. The Hall–Kier alpha value is -1.30. The van der Waals surface area contributed by atoms with E-state index < -0.39 is 0 Å². The molecule has 0 bridgehead atoms. The molecule has 6 heteroatoms. The Morgan fingerprint density at radius 3 is 2.37 bits per heavy atom. The summed E-state index contributed by atoms with van der Waals surface area (Å²) in [6.07, 6.45) is 5.63. The molecule has 2 rings (SSSR count). The lowest BCUT2D eigenvalue weighted by Gasteiger charge is -2.32. The van der Waals surface area contributed by atoms with Crippen LogP contribution in [0.5, 0.6) is 5.75 Å². The summed E-state index contributed by atoms with van der Waals surface area (Å²) in [5.41, 5.74) is 0. The number of rotatable bonds is 9. The number of aliphatic hydroxyl groups is 1. The molecule has 0 saturated heterocycles. The smallest absolute Gasteiger partial charge is 0.410 e. The Morgan fingerprint density at radius 2 is 1.78 bits per heavy atom. The molecule has 1 amide bonds. The highest BCUT2D eigenvalue weighted by atomic mass is 35.5. The Balaban J connectivity index is 1.66. The highest BCUT2D eigenvalue weighted by molar-refractivity contribution is 6.30. The fourth-order valence-corrected chi connectivity index (χ4v) is 3.86. The van der Waals surface area contributed by atoms with Crippen LogP contribution in [0.15, 0.2) is 24.3 Å². The largest absolute Gasteiger partial charge is 0.414 e. The van der Waals surface area contributed by atoms with Crippen molar-refractivity contribution in [2.24, 2.45) is 11.8 Å². The van der Waals surface area contributed by atoms with Gasteiger partial charge in [0.25, 0.3) is 0 Å². The number of hydrogen-bond donors (Lipinski definition) is 1. The molecular weight excluding hydrogens is 364 g/mol. The second-order valence-electron chi connectivity index (χ2n) is 7.54. The van der Waals surface area contributed by atoms with Crippen LogP contribution >= 0.6 is 11.6 Å². The molecule has 1 aliphatic rings. The minimum atomic E-state index is -0.325. The third-order valence-corrected chi connectivity index (χ3v) is 5.80. The van der Waals surface area contributed by atoms with E-state index in [0.717, 1.165) is 32.0 Å². The lowest BCUT2D eigenvalue weighted by Crippen LogP contribution is -2.34. The number of halogens is 1. The monoisotopic (exact) mass is 396 g/mol.